The molecule has 4 N–H and O–H groups in total. The Kier molecular flexibility index (Phi) is 4.47. The van der Waals surface area contributed by atoms with Crippen LogP contribution in [0.15, 0.2) is 64.7 Å². The second-order valence-corrected chi connectivity index (χ2v) is 6.75. The molecule has 1 aromatic heterocycles. The van der Waals surface area contributed by atoms with Crippen molar-refractivity contribution in [1.82, 2.24) is 15.6 Å². The highest BCUT2D eigenvalue weighted by Gasteiger charge is 2.22. The Morgan fingerprint density at radius 2 is 2.08 bits per heavy atom. The molecular weight excluding hydrogens is 346 g/mol. The summed E-state index contributed by atoms with van der Waals surface area (Å²) in [6, 6.07) is 15.6. The molecule has 2 heterocycles. The number of carbonyl (C=O) groups is 1. The van der Waals surface area contributed by atoms with E-state index in [2.05, 4.69) is 20.6 Å². The van der Waals surface area contributed by atoms with Crippen molar-refractivity contribution >= 4 is 39.5 Å². The maximum absolute atomic E-state index is 12.2. The molecule has 0 bridgehead atoms. The lowest BCUT2D eigenvalue weighted by atomic mass is 10.1. The molecule has 0 fully saturated rings. The van der Waals surface area contributed by atoms with Gasteiger partial charge in [0.15, 0.2) is 0 Å². The van der Waals surface area contributed by atoms with E-state index in [1.165, 1.54) is 0 Å². The first-order chi connectivity index (χ1) is 12.7. The lowest BCUT2D eigenvalue weighted by Crippen LogP contribution is -2.40. The molecule has 1 aliphatic heterocycles. The van der Waals surface area contributed by atoms with Crippen LogP contribution in [0.1, 0.15) is 17.2 Å². The Morgan fingerprint density at radius 1 is 1.23 bits per heavy atom. The number of aliphatic imine (C=N–C) groups is 1. The molecular formula is C19H17N5OS. The number of benzene rings is 2. The summed E-state index contributed by atoms with van der Waals surface area (Å²) in [6.45, 7) is 0.389. The smallest absolute Gasteiger partial charge is 0.276 e. The summed E-state index contributed by atoms with van der Waals surface area (Å²) in [7, 11) is 0. The number of thiazole rings is 1. The zero-order valence-electron chi connectivity index (χ0n) is 13.8. The highest BCUT2D eigenvalue weighted by molar-refractivity contribution is 7.16. The molecule has 3 aromatic rings. The quantitative estimate of drug-likeness (QED) is 0.621. The minimum Gasteiger partial charge on any atom is -0.348 e. The summed E-state index contributed by atoms with van der Waals surface area (Å²) in [4.78, 5) is 20.9. The van der Waals surface area contributed by atoms with Gasteiger partial charge in [-0.2, -0.15) is 0 Å². The lowest BCUT2D eigenvalue weighted by Gasteiger charge is -2.17. The van der Waals surface area contributed by atoms with Crippen molar-refractivity contribution in [3.63, 3.8) is 0 Å². The van der Waals surface area contributed by atoms with Gasteiger partial charge in [-0.1, -0.05) is 36.4 Å². The molecule has 0 radical (unpaired) electrons. The first kappa shape index (κ1) is 16.4. The number of nitrogens with one attached hydrogen (secondary N) is 2. The number of hydrogen-bond donors (Lipinski definition) is 3. The molecule has 7 heteroatoms. The zero-order valence-corrected chi connectivity index (χ0v) is 14.7. The van der Waals surface area contributed by atoms with Crippen LogP contribution in [0.5, 0.6) is 0 Å². The van der Waals surface area contributed by atoms with Gasteiger partial charge < -0.3 is 11.1 Å². The van der Waals surface area contributed by atoms with Crippen LogP contribution in [0.2, 0.25) is 0 Å². The molecule has 0 saturated heterocycles. The van der Waals surface area contributed by atoms with Crippen LogP contribution in [-0.4, -0.2) is 23.4 Å². The first-order valence-electron chi connectivity index (χ1n) is 8.19. The van der Waals surface area contributed by atoms with Crippen LogP contribution in [0.4, 0.5) is 0 Å². The Hall–Kier alpha value is -3.03. The van der Waals surface area contributed by atoms with Gasteiger partial charge in [-0.05, 0) is 29.3 Å². The van der Waals surface area contributed by atoms with Crippen LogP contribution in [0.3, 0.4) is 0 Å². The highest BCUT2D eigenvalue weighted by Crippen LogP contribution is 2.21. The highest BCUT2D eigenvalue weighted by atomic mass is 32.1. The van der Waals surface area contributed by atoms with Gasteiger partial charge in [0.05, 0.1) is 21.8 Å². The molecule has 1 amide bonds. The summed E-state index contributed by atoms with van der Waals surface area (Å²) in [5.74, 6) is 0.181. The van der Waals surface area contributed by atoms with Crippen molar-refractivity contribution in [1.29, 1.82) is 0 Å². The van der Waals surface area contributed by atoms with Crippen LogP contribution < -0.4 is 16.4 Å². The predicted octanol–water partition coefficient (Wildman–Crippen LogP) is 2.41. The van der Waals surface area contributed by atoms with E-state index in [1.807, 2.05) is 48.5 Å². The minimum atomic E-state index is -0.235. The fourth-order valence-corrected chi connectivity index (χ4v) is 3.51. The van der Waals surface area contributed by atoms with Crippen LogP contribution in [-0.2, 0) is 4.79 Å². The third-order valence-corrected chi connectivity index (χ3v) is 4.90. The average Bonchev–Trinajstić information content (AvgIpc) is 3.26. The largest absolute Gasteiger partial charge is 0.348 e. The fourth-order valence-electron chi connectivity index (χ4n) is 2.78. The van der Waals surface area contributed by atoms with E-state index in [4.69, 9.17) is 5.73 Å². The van der Waals surface area contributed by atoms with Crippen molar-refractivity contribution in [2.75, 3.05) is 6.54 Å². The second kappa shape index (κ2) is 7.07. The minimum absolute atomic E-state index is 0.122. The van der Waals surface area contributed by atoms with Crippen molar-refractivity contribution in [2.45, 2.75) is 6.04 Å². The molecule has 1 aliphatic rings. The van der Waals surface area contributed by atoms with E-state index < -0.39 is 0 Å². The Morgan fingerprint density at radius 3 is 2.88 bits per heavy atom. The number of nitrogens with two attached hydrogens (primary N) is 1. The van der Waals surface area contributed by atoms with Gasteiger partial charge in [0.25, 0.3) is 5.91 Å². The van der Waals surface area contributed by atoms with Crippen LogP contribution in [0, 0.1) is 0 Å². The maximum Gasteiger partial charge on any atom is 0.276 e. The second-order valence-electron chi connectivity index (χ2n) is 5.87. The van der Waals surface area contributed by atoms with Gasteiger partial charge >= 0.3 is 0 Å². The predicted molar refractivity (Wildman–Crippen MR) is 105 cm³/mol. The number of carbonyl (C=O) groups excluding carboxylic acids is 1. The number of rotatable bonds is 4. The zero-order chi connectivity index (χ0) is 17.9. The number of nitrogens with zero attached hydrogens (tertiary/aromatic N) is 2. The monoisotopic (exact) mass is 363 g/mol. The molecule has 6 nitrogen and oxygen atoms in total. The van der Waals surface area contributed by atoms with E-state index in [0.29, 0.717) is 18.2 Å². The molecule has 4 rings (SSSR count). The lowest BCUT2D eigenvalue weighted by molar-refractivity contribution is -0.115. The molecule has 0 saturated carbocycles. The topological polar surface area (TPSA) is 92.4 Å². The summed E-state index contributed by atoms with van der Waals surface area (Å²) in [6.07, 6.45) is 1.77. The van der Waals surface area contributed by atoms with Crippen molar-refractivity contribution in [2.24, 2.45) is 10.7 Å². The van der Waals surface area contributed by atoms with E-state index in [1.54, 1.807) is 22.9 Å². The summed E-state index contributed by atoms with van der Waals surface area (Å²) < 4.78 is 1.08. The molecule has 26 heavy (non-hydrogen) atoms. The van der Waals surface area contributed by atoms with Crippen molar-refractivity contribution < 1.29 is 4.79 Å². The van der Waals surface area contributed by atoms with Crippen LogP contribution in [0.25, 0.3) is 16.3 Å². The maximum atomic E-state index is 12.2. The number of amides is 1. The van der Waals surface area contributed by atoms with E-state index in [-0.39, 0.29) is 11.9 Å². The molecule has 0 aliphatic carbocycles. The number of guanidine groups is 1. The third kappa shape index (κ3) is 3.35. The Balaban J connectivity index is 1.56. The van der Waals surface area contributed by atoms with Crippen LogP contribution >= 0.6 is 11.3 Å². The SMILES string of the molecule is NC[C@@H](NC1=N/C(=C\c2ccc3ncsc3c2)C(=O)N1)c1ccccc1. The summed E-state index contributed by atoms with van der Waals surface area (Å²) in [5.41, 5.74) is 10.9. The Labute approximate surface area is 154 Å². The van der Waals surface area contributed by atoms with Crippen molar-refractivity contribution in [3.05, 3.63) is 70.9 Å². The van der Waals surface area contributed by atoms with Gasteiger partial charge in [0.2, 0.25) is 5.96 Å². The number of aromatic nitrogens is 1. The molecule has 130 valence electrons. The molecule has 0 unspecified atom stereocenters. The Bertz CT molecular complexity index is 1010. The summed E-state index contributed by atoms with van der Waals surface area (Å²) >= 11 is 1.57. The summed E-state index contributed by atoms with van der Waals surface area (Å²) in [5, 5.41) is 5.96. The molecule has 2 aromatic carbocycles. The van der Waals surface area contributed by atoms with Gasteiger partial charge in [0, 0.05) is 6.54 Å². The third-order valence-electron chi connectivity index (χ3n) is 4.10. The van der Waals surface area contributed by atoms with Crippen molar-refractivity contribution in [3.8, 4) is 0 Å². The first-order valence-corrected chi connectivity index (χ1v) is 9.07. The number of fused-ring (bicyclic) bond motifs is 1. The molecule has 0 spiro atoms. The van der Waals surface area contributed by atoms with Gasteiger partial charge in [-0.3, -0.25) is 10.1 Å². The normalized spacial score (nSPS) is 16.6. The van der Waals surface area contributed by atoms with E-state index in [0.717, 1.165) is 21.3 Å². The van der Waals surface area contributed by atoms with Gasteiger partial charge in [0.1, 0.15) is 5.70 Å². The molecule has 1 atom stereocenters. The van der Waals surface area contributed by atoms with Gasteiger partial charge in [-0.25, -0.2) is 9.98 Å². The fraction of sp³-hybridized carbons (Fsp3) is 0.105. The number of hydrogen-bond acceptors (Lipinski definition) is 6. The van der Waals surface area contributed by atoms with E-state index >= 15 is 0 Å². The van der Waals surface area contributed by atoms with Gasteiger partial charge in [-0.15, -0.1) is 11.3 Å². The average molecular weight is 363 g/mol. The van der Waals surface area contributed by atoms with E-state index in [9.17, 15) is 4.79 Å². The standard InChI is InChI=1S/C19H17N5OS/c20-10-16(13-4-2-1-3-5-13)23-19-22-15(18(25)24-19)8-12-6-7-14-17(9-12)26-11-21-14/h1-9,11,16H,10,20H2,(H2,22,23,24,25)/b15-8-/t16-/m1/s1.